The molecule has 0 aliphatic rings. The maximum Gasteiger partial charge on any atom is 0.0897 e. The van der Waals surface area contributed by atoms with Gasteiger partial charge in [0.05, 0.1) is 10.7 Å². The minimum Gasteiger partial charge on any atom is -0.305 e. The summed E-state index contributed by atoms with van der Waals surface area (Å²) >= 11 is 1.71. The Morgan fingerprint density at radius 3 is 2.35 bits per heavy atom. The summed E-state index contributed by atoms with van der Waals surface area (Å²) in [6, 6.07) is 9.27. The summed E-state index contributed by atoms with van der Waals surface area (Å²) in [5, 5.41) is 6.78. The van der Waals surface area contributed by atoms with E-state index in [-0.39, 0.29) is 5.41 Å². The predicted octanol–water partition coefficient (Wildman–Crippen LogP) is 4.60. The number of aryl methyl sites for hydroxylation is 1. The number of hydrogen-bond acceptors (Lipinski definition) is 3. The van der Waals surface area contributed by atoms with Gasteiger partial charge in [-0.15, -0.1) is 11.3 Å². The van der Waals surface area contributed by atoms with E-state index in [1.807, 2.05) is 6.92 Å². The van der Waals surface area contributed by atoms with E-state index in [9.17, 15) is 0 Å². The van der Waals surface area contributed by atoms with Gasteiger partial charge in [0.15, 0.2) is 0 Å². The molecule has 1 atom stereocenters. The summed E-state index contributed by atoms with van der Waals surface area (Å²) in [5.74, 6) is 0. The van der Waals surface area contributed by atoms with Crippen molar-refractivity contribution in [2.45, 2.75) is 52.6 Å². The molecule has 1 aromatic carbocycles. The molecule has 1 aromatic heterocycles. The van der Waals surface area contributed by atoms with Crippen molar-refractivity contribution in [3.8, 4) is 0 Å². The van der Waals surface area contributed by atoms with E-state index in [1.54, 1.807) is 11.3 Å². The predicted molar refractivity (Wildman–Crippen MR) is 87.2 cm³/mol. The maximum atomic E-state index is 4.48. The summed E-state index contributed by atoms with van der Waals surface area (Å²) in [4.78, 5) is 4.48. The number of hydrogen-bond donors (Lipinski definition) is 1. The van der Waals surface area contributed by atoms with E-state index >= 15 is 0 Å². The number of thiazole rings is 1. The van der Waals surface area contributed by atoms with Crippen molar-refractivity contribution < 1.29 is 0 Å². The fourth-order valence-corrected chi connectivity index (χ4v) is 2.75. The number of benzene rings is 1. The highest BCUT2D eigenvalue weighted by atomic mass is 32.1. The summed E-state index contributed by atoms with van der Waals surface area (Å²) in [7, 11) is 0. The Bertz CT molecular complexity index is 549. The van der Waals surface area contributed by atoms with Crippen molar-refractivity contribution >= 4 is 11.3 Å². The summed E-state index contributed by atoms with van der Waals surface area (Å²) in [5.41, 5.74) is 4.05. The zero-order valence-corrected chi connectivity index (χ0v) is 13.8. The van der Waals surface area contributed by atoms with Gasteiger partial charge in [-0.3, -0.25) is 0 Å². The first-order chi connectivity index (χ1) is 9.36. The van der Waals surface area contributed by atoms with Gasteiger partial charge in [0.1, 0.15) is 0 Å². The Morgan fingerprint density at radius 2 is 1.85 bits per heavy atom. The van der Waals surface area contributed by atoms with Crippen molar-refractivity contribution in [3.63, 3.8) is 0 Å². The molecule has 0 saturated heterocycles. The smallest absolute Gasteiger partial charge is 0.0897 e. The average Bonchev–Trinajstić information content (AvgIpc) is 2.81. The van der Waals surface area contributed by atoms with Gasteiger partial charge in [-0.2, -0.15) is 0 Å². The summed E-state index contributed by atoms with van der Waals surface area (Å²) in [6.45, 7) is 11.8. The minimum absolute atomic E-state index is 0.216. The lowest BCUT2D eigenvalue weighted by Gasteiger charge is -2.20. The van der Waals surface area contributed by atoms with Crippen LogP contribution < -0.4 is 5.32 Å². The van der Waals surface area contributed by atoms with Crippen LogP contribution in [-0.2, 0) is 12.0 Å². The quantitative estimate of drug-likeness (QED) is 0.889. The van der Waals surface area contributed by atoms with Gasteiger partial charge in [0, 0.05) is 18.0 Å². The van der Waals surface area contributed by atoms with Gasteiger partial charge in [-0.25, -0.2) is 4.98 Å². The highest BCUT2D eigenvalue weighted by molar-refractivity contribution is 7.09. The van der Waals surface area contributed by atoms with Crippen molar-refractivity contribution in [1.29, 1.82) is 0 Å². The number of rotatable bonds is 4. The Morgan fingerprint density at radius 1 is 1.20 bits per heavy atom. The Kier molecular flexibility index (Phi) is 4.61. The van der Waals surface area contributed by atoms with Crippen LogP contribution in [0.15, 0.2) is 29.6 Å². The molecule has 0 aliphatic heterocycles. The molecule has 0 saturated carbocycles. The Hall–Kier alpha value is -1.19. The first-order valence-electron chi connectivity index (χ1n) is 7.11. The normalized spacial score (nSPS) is 13.4. The highest BCUT2D eigenvalue weighted by Crippen LogP contribution is 2.24. The van der Waals surface area contributed by atoms with E-state index in [4.69, 9.17) is 0 Å². The van der Waals surface area contributed by atoms with Crippen LogP contribution in [0.2, 0.25) is 0 Å². The number of nitrogens with zero attached hydrogens (tertiary/aromatic N) is 1. The Balaban J connectivity index is 1.97. The molecule has 1 unspecified atom stereocenters. The lowest BCUT2D eigenvalue weighted by atomic mass is 9.86. The van der Waals surface area contributed by atoms with Crippen LogP contribution in [0.5, 0.6) is 0 Å². The largest absolute Gasteiger partial charge is 0.305 e. The molecule has 1 heterocycles. The first-order valence-corrected chi connectivity index (χ1v) is 7.99. The second-order valence-electron chi connectivity index (χ2n) is 6.33. The molecule has 20 heavy (non-hydrogen) atoms. The van der Waals surface area contributed by atoms with Crippen molar-refractivity contribution in [3.05, 3.63) is 51.5 Å². The van der Waals surface area contributed by atoms with Crippen LogP contribution in [0.3, 0.4) is 0 Å². The third kappa shape index (κ3) is 3.90. The fourth-order valence-electron chi connectivity index (χ4n) is 2.14. The summed E-state index contributed by atoms with van der Waals surface area (Å²) in [6.07, 6.45) is 0. The standard InChI is InChI=1S/C17H24N2S/c1-12(18-10-16-11-20-13(2)19-16)14-6-8-15(9-7-14)17(3,4)5/h6-9,11-12,18H,10H2,1-5H3. The topological polar surface area (TPSA) is 24.9 Å². The van der Waals surface area contributed by atoms with Gasteiger partial charge in [0.25, 0.3) is 0 Å². The van der Waals surface area contributed by atoms with Crippen LogP contribution in [0, 0.1) is 6.92 Å². The first kappa shape index (κ1) is 15.2. The molecular formula is C17H24N2S. The average molecular weight is 288 g/mol. The van der Waals surface area contributed by atoms with Gasteiger partial charge in [-0.1, -0.05) is 45.0 Å². The van der Waals surface area contributed by atoms with Gasteiger partial charge >= 0.3 is 0 Å². The molecule has 0 aliphatic carbocycles. The SMILES string of the molecule is Cc1nc(CNC(C)c2ccc(C(C)(C)C)cc2)cs1. The van der Waals surface area contributed by atoms with Crippen LogP contribution in [0.1, 0.15) is 55.6 Å². The third-order valence-electron chi connectivity index (χ3n) is 3.53. The number of aromatic nitrogens is 1. The number of nitrogens with one attached hydrogen (secondary N) is 1. The molecule has 0 amide bonds. The van der Waals surface area contributed by atoms with Crippen LogP contribution in [0.25, 0.3) is 0 Å². The second-order valence-corrected chi connectivity index (χ2v) is 7.39. The zero-order valence-electron chi connectivity index (χ0n) is 13.0. The molecule has 0 spiro atoms. The Labute approximate surface area is 126 Å². The second kappa shape index (κ2) is 6.06. The van der Waals surface area contributed by atoms with Crippen LogP contribution in [0.4, 0.5) is 0 Å². The van der Waals surface area contributed by atoms with Crippen LogP contribution >= 0.6 is 11.3 Å². The molecule has 2 aromatic rings. The molecule has 3 heteroatoms. The van der Waals surface area contributed by atoms with Crippen molar-refractivity contribution in [2.24, 2.45) is 0 Å². The van der Waals surface area contributed by atoms with E-state index in [0.717, 1.165) is 17.2 Å². The van der Waals surface area contributed by atoms with E-state index < -0.39 is 0 Å². The van der Waals surface area contributed by atoms with Crippen LogP contribution in [-0.4, -0.2) is 4.98 Å². The summed E-state index contributed by atoms with van der Waals surface area (Å²) < 4.78 is 0. The molecular weight excluding hydrogens is 264 g/mol. The van der Waals surface area contributed by atoms with E-state index in [2.05, 4.69) is 67.6 Å². The van der Waals surface area contributed by atoms with E-state index in [1.165, 1.54) is 11.1 Å². The molecule has 0 fully saturated rings. The monoisotopic (exact) mass is 288 g/mol. The zero-order chi connectivity index (χ0) is 14.8. The van der Waals surface area contributed by atoms with Crippen molar-refractivity contribution in [2.75, 3.05) is 0 Å². The maximum absolute atomic E-state index is 4.48. The van der Waals surface area contributed by atoms with Gasteiger partial charge < -0.3 is 5.32 Å². The molecule has 0 bridgehead atoms. The lowest BCUT2D eigenvalue weighted by molar-refractivity contribution is 0.565. The molecule has 2 nitrogen and oxygen atoms in total. The third-order valence-corrected chi connectivity index (χ3v) is 4.35. The van der Waals surface area contributed by atoms with E-state index in [0.29, 0.717) is 6.04 Å². The van der Waals surface area contributed by atoms with Crippen molar-refractivity contribution in [1.82, 2.24) is 10.3 Å². The minimum atomic E-state index is 0.216. The fraction of sp³-hybridized carbons (Fsp3) is 0.471. The highest BCUT2D eigenvalue weighted by Gasteiger charge is 2.14. The molecule has 2 rings (SSSR count). The van der Waals surface area contributed by atoms with Gasteiger partial charge in [0.2, 0.25) is 0 Å². The lowest BCUT2D eigenvalue weighted by Crippen LogP contribution is -2.18. The molecule has 0 radical (unpaired) electrons. The molecule has 1 N–H and O–H groups in total. The molecule has 108 valence electrons. The van der Waals surface area contributed by atoms with Gasteiger partial charge in [-0.05, 0) is 30.4 Å².